The number of anilines is 1. The van der Waals surface area contributed by atoms with Crippen molar-refractivity contribution in [2.24, 2.45) is 0 Å². The molecule has 0 N–H and O–H groups in total. The molecular formula is C26H25N3O2S. The number of rotatable bonds is 4. The fraction of sp³-hybridized carbons (Fsp3) is 0.192. The molecule has 4 aromatic rings. The molecule has 5 rings (SSSR count). The normalized spacial score (nSPS) is 13.8. The number of sulfonamides is 1. The van der Waals surface area contributed by atoms with Gasteiger partial charge < -0.3 is 0 Å². The first-order valence-corrected chi connectivity index (χ1v) is 12.2. The molecule has 0 aliphatic carbocycles. The topological polar surface area (TPSA) is 55.2 Å². The fourth-order valence-corrected chi connectivity index (χ4v) is 5.73. The Labute approximate surface area is 189 Å². The van der Waals surface area contributed by atoms with Crippen molar-refractivity contribution >= 4 is 15.7 Å². The van der Waals surface area contributed by atoms with Crippen molar-refractivity contribution in [3.8, 4) is 16.9 Å². The van der Waals surface area contributed by atoms with Crippen LogP contribution in [0.25, 0.3) is 16.9 Å². The maximum absolute atomic E-state index is 13.7. The van der Waals surface area contributed by atoms with Gasteiger partial charge in [-0.2, -0.15) is 5.10 Å². The van der Waals surface area contributed by atoms with Gasteiger partial charge in [-0.05, 0) is 51.0 Å². The molecule has 0 unspecified atom stereocenters. The molecule has 0 radical (unpaired) electrons. The van der Waals surface area contributed by atoms with E-state index in [1.807, 2.05) is 85.3 Å². The lowest BCUT2D eigenvalue weighted by Gasteiger charge is -2.29. The Morgan fingerprint density at radius 1 is 0.812 bits per heavy atom. The van der Waals surface area contributed by atoms with E-state index in [4.69, 9.17) is 5.10 Å². The van der Waals surface area contributed by atoms with Crippen molar-refractivity contribution in [2.45, 2.75) is 31.6 Å². The van der Waals surface area contributed by atoms with Crippen molar-refractivity contribution in [3.63, 3.8) is 0 Å². The molecule has 162 valence electrons. The zero-order valence-electron chi connectivity index (χ0n) is 18.2. The summed E-state index contributed by atoms with van der Waals surface area (Å²) in [6.07, 6.45) is 1.48. The second-order valence-corrected chi connectivity index (χ2v) is 10.1. The summed E-state index contributed by atoms with van der Waals surface area (Å²) in [6, 6.07) is 25.1. The van der Waals surface area contributed by atoms with Gasteiger partial charge >= 0.3 is 0 Å². The molecule has 0 amide bonds. The number of benzene rings is 3. The van der Waals surface area contributed by atoms with Crippen LogP contribution in [0.1, 0.15) is 23.2 Å². The van der Waals surface area contributed by atoms with Gasteiger partial charge in [0.2, 0.25) is 0 Å². The molecule has 0 bridgehead atoms. The molecule has 0 fully saturated rings. The molecule has 2 heterocycles. The number of para-hydroxylation sites is 1. The monoisotopic (exact) mass is 443 g/mol. The lowest BCUT2D eigenvalue weighted by atomic mass is 10.0. The minimum Gasteiger partial charge on any atom is -0.262 e. The van der Waals surface area contributed by atoms with Gasteiger partial charge in [0, 0.05) is 12.1 Å². The van der Waals surface area contributed by atoms with E-state index in [1.54, 1.807) is 16.4 Å². The standard InChI is InChI=1S/C26H25N3O2S/c1-19-10-14-21(15-11-19)25-26-24(27-29(25)22-7-4-3-5-8-22)9-6-18-28(26)32(30,31)23-16-12-20(2)13-17-23/h3-5,7-8,10-17H,6,9,18H2,1-2H3. The van der Waals surface area contributed by atoms with Crippen molar-refractivity contribution in [2.75, 3.05) is 10.8 Å². The Kier molecular flexibility index (Phi) is 5.10. The van der Waals surface area contributed by atoms with Gasteiger partial charge in [0.25, 0.3) is 10.0 Å². The van der Waals surface area contributed by atoms with Crippen LogP contribution in [0.3, 0.4) is 0 Å². The molecule has 1 aromatic heterocycles. The smallest absolute Gasteiger partial charge is 0.262 e. The molecule has 1 aliphatic heterocycles. The Morgan fingerprint density at radius 2 is 1.44 bits per heavy atom. The van der Waals surface area contributed by atoms with Crippen molar-refractivity contribution in [3.05, 3.63) is 95.7 Å². The SMILES string of the molecule is Cc1ccc(-c2c3c(nn2-c2ccccc2)CCCN3S(=O)(=O)c2ccc(C)cc2)cc1. The zero-order valence-corrected chi connectivity index (χ0v) is 19.0. The first kappa shape index (κ1) is 20.5. The highest BCUT2D eigenvalue weighted by Crippen LogP contribution is 2.41. The number of hydrogen-bond acceptors (Lipinski definition) is 3. The predicted molar refractivity (Wildman–Crippen MR) is 128 cm³/mol. The largest absolute Gasteiger partial charge is 0.264 e. The number of fused-ring (bicyclic) bond motifs is 1. The molecule has 32 heavy (non-hydrogen) atoms. The summed E-state index contributed by atoms with van der Waals surface area (Å²) in [6.45, 7) is 4.43. The van der Waals surface area contributed by atoms with Crippen LogP contribution < -0.4 is 4.31 Å². The molecular weight excluding hydrogens is 418 g/mol. The van der Waals surface area contributed by atoms with E-state index in [9.17, 15) is 8.42 Å². The maximum atomic E-state index is 13.7. The molecule has 0 atom stereocenters. The van der Waals surface area contributed by atoms with Crippen LogP contribution in [0.2, 0.25) is 0 Å². The second kappa shape index (κ2) is 7.95. The van der Waals surface area contributed by atoms with E-state index in [2.05, 4.69) is 0 Å². The number of hydrogen-bond donors (Lipinski definition) is 0. The summed E-state index contributed by atoms with van der Waals surface area (Å²) in [4.78, 5) is 0.304. The maximum Gasteiger partial charge on any atom is 0.264 e. The van der Waals surface area contributed by atoms with E-state index in [0.29, 0.717) is 17.1 Å². The first-order valence-electron chi connectivity index (χ1n) is 10.8. The van der Waals surface area contributed by atoms with Gasteiger partial charge in [-0.15, -0.1) is 0 Å². The third-order valence-electron chi connectivity index (χ3n) is 5.89. The van der Waals surface area contributed by atoms with E-state index < -0.39 is 10.0 Å². The van der Waals surface area contributed by atoms with Crippen LogP contribution >= 0.6 is 0 Å². The predicted octanol–water partition coefficient (Wildman–Crippen LogP) is 5.30. The van der Waals surface area contributed by atoms with Gasteiger partial charge in [0.05, 0.1) is 22.0 Å². The van der Waals surface area contributed by atoms with Gasteiger partial charge in [-0.1, -0.05) is 65.7 Å². The van der Waals surface area contributed by atoms with E-state index in [-0.39, 0.29) is 0 Å². The quantitative estimate of drug-likeness (QED) is 0.430. The molecule has 0 saturated heterocycles. The summed E-state index contributed by atoms with van der Waals surface area (Å²) in [5.41, 5.74) is 6.33. The molecule has 0 spiro atoms. The third kappa shape index (κ3) is 3.50. The second-order valence-electron chi connectivity index (χ2n) is 8.25. The lowest BCUT2D eigenvalue weighted by Crippen LogP contribution is -2.35. The number of aromatic nitrogens is 2. The van der Waals surface area contributed by atoms with E-state index in [1.165, 1.54) is 0 Å². The van der Waals surface area contributed by atoms with Crippen molar-refractivity contribution in [1.29, 1.82) is 0 Å². The highest BCUT2D eigenvalue weighted by atomic mass is 32.2. The van der Waals surface area contributed by atoms with Crippen LogP contribution in [0, 0.1) is 13.8 Å². The fourth-order valence-electron chi connectivity index (χ4n) is 4.19. The highest BCUT2D eigenvalue weighted by molar-refractivity contribution is 7.92. The summed E-state index contributed by atoms with van der Waals surface area (Å²) in [7, 11) is -3.72. The Balaban J connectivity index is 1.75. The average Bonchev–Trinajstić information content (AvgIpc) is 3.20. The molecule has 3 aromatic carbocycles. The first-order chi connectivity index (χ1) is 15.4. The summed E-state index contributed by atoms with van der Waals surface area (Å²) < 4.78 is 30.9. The van der Waals surface area contributed by atoms with Gasteiger partial charge in [-0.25, -0.2) is 13.1 Å². The van der Waals surface area contributed by atoms with Crippen molar-refractivity contribution in [1.82, 2.24) is 9.78 Å². The summed E-state index contributed by atoms with van der Waals surface area (Å²) in [5.74, 6) is 0. The van der Waals surface area contributed by atoms with Crippen molar-refractivity contribution < 1.29 is 8.42 Å². The Bertz CT molecular complexity index is 1360. The third-order valence-corrected chi connectivity index (χ3v) is 7.70. The van der Waals surface area contributed by atoms with Crippen LogP contribution in [-0.2, 0) is 16.4 Å². The van der Waals surface area contributed by atoms with Crippen LogP contribution in [0.5, 0.6) is 0 Å². The van der Waals surface area contributed by atoms with E-state index >= 15 is 0 Å². The minimum atomic E-state index is -3.72. The van der Waals surface area contributed by atoms with Gasteiger partial charge in [-0.3, -0.25) is 4.31 Å². The summed E-state index contributed by atoms with van der Waals surface area (Å²) >= 11 is 0. The summed E-state index contributed by atoms with van der Waals surface area (Å²) in [5, 5.41) is 4.90. The molecule has 5 nitrogen and oxygen atoms in total. The zero-order chi connectivity index (χ0) is 22.3. The van der Waals surface area contributed by atoms with Crippen LogP contribution in [0.4, 0.5) is 5.69 Å². The number of aryl methyl sites for hydroxylation is 3. The van der Waals surface area contributed by atoms with E-state index in [0.717, 1.165) is 46.6 Å². The molecule has 6 heteroatoms. The average molecular weight is 444 g/mol. The molecule has 0 saturated carbocycles. The number of nitrogens with zero attached hydrogens (tertiary/aromatic N) is 3. The minimum absolute atomic E-state index is 0.304. The highest BCUT2D eigenvalue weighted by Gasteiger charge is 2.35. The Hall–Kier alpha value is -3.38. The Morgan fingerprint density at radius 3 is 2.09 bits per heavy atom. The van der Waals surface area contributed by atoms with Crippen LogP contribution in [0.15, 0.2) is 83.8 Å². The molecule has 1 aliphatic rings. The lowest BCUT2D eigenvalue weighted by molar-refractivity contribution is 0.586. The van der Waals surface area contributed by atoms with Gasteiger partial charge in [0.15, 0.2) is 0 Å². The van der Waals surface area contributed by atoms with Gasteiger partial charge in [0.1, 0.15) is 5.69 Å². The van der Waals surface area contributed by atoms with Crippen LogP contribution in [-0.4, -0.2) is 24.7 Å².